The Bertz CT molecular complexity index is 366. The smallest absolute Gasteiger partial charge is 0.270 e. The topological polar surface area (TPSA) is 42.0 Å². The number of hydrogen-bond donors (Lipinski definition) is 1. The molecule has 0 bridgehead atoms. The molecule has 1 unspecified atom stereocenters. The van der Waals surface area contributed by atoms with Crippen molar-refractivity contribution in [1.82, 2.24) is 10.3 Å². The first-order chi connectivity index (χ1) is 7.25. The van der Waals surface area contributed by atoms with Gasteiger partial charge in [0.2, 0.25) is 0 Å². The molecule has 3 nitrogen and oxygen atoms in total. The number of nitrogens with one attached hydrogen (secondary N) is 1. The van der Waals surface area contributed by atoms with Crippen molar-refractivity contribution in [3.63, 3.8) is 0 Å². The van der Waals surface area contributed by atoms with Crippen LogP contribution in [-0.4, -0.2) is 28.4 Å². The normalized spacial score (nSPS) is 20.2. The summed E-state index contributed by atoms with van der Waals surface area (Å²) in [6.45, 7) is 0. The van der Waals surface area contributed by atoms with Crippen LogP contribution in [0.5, 0.6) is 0 Å². The maximum Gasteiger partial charge on any atom is 0.270 e. The highest BCUT2D eigenvalue weighted by Crippen LogP contribution is 2.17. The number of thioether (sulfide) groups is 1. The fraction of sp³-hybridized carbons (Fsp3) is 0.400. The van der Waals surface area contributed by atoms with Gasteiger partial charge in [-0.15, -0.1) is 0 Å². The van der Waals surface area contributed by atoms with Gasteiger partial charge in [-0.1, -0.05) is 6.07 Å². The Morgan fingerprint density at radius 3 is 3.13 bits per heavy atom. The Balaban J connectivity index is 2.01. The van der Waals surface area contributed by atoms with E-state index in [1.54, 1.807) is 6.07 Å². The van der Waals surface area contributed by atoms with Gasteiger partial charge in [0.15, 0.2) is 0 Å². The second-order valence-corrected chi connectivity index (χ2v) is 5.34. The van der Waals surface area contributed by atoms with Gasteiger partial charge < -0.3 is 5.32 Å². The standard InChI is InChI=1S/C10H11BrN2OS/c11-9-3-1-2-8(13-9)10(14)12-7-4-5-15-6-7/h1-3,7H,4-6H2,(H,12,14). The first-order valence-electron chi connectivity index (χ1n) is 4.77. The third kappa shape index (κ3) is 2.95. The lowest BCUT2D eigenvalue weighted by Gasteiger charge is -2.10. The Hall–Kier alpha value is -0.550. The zero-order valence-corrected chi connectivity index (χ0v) is 10.5. The van der Waals surface area contributed by atoms with Gasteiger partial charge in [-0.3, -0.25) is 4.79 Å². The predicted molar refractivity (Wildman–Crippen MR) is 65.1 cm³/mol. The molecule has 80 valence electrons. The van der Waals surface area contributed by atoms with E-state index in [1.807, 2.05) is 23.9 Å². The lowest BCUT2D eigenvalue weighted by molar-refractivity contribution is 0.0936. The van der Waals surface area contributed by atoms with E-state index in [9.17, 15) is 4.79 Å². The van der Waals surface area contributed by atoms with Crippen LogP contribution in [0.2, 0.25) is 0 Å². The molecule has 0 radical (unpaired) electrons. The molecule has 0 aromatic carbocycles. The molecule has 15 heavy (non-hydrogen) atoms. The van der Waals surface area contributed by atoms with Crippen LogP contribution in [0.4, 0.5) is 0 Å². The van der Waals surface area contributed by atoms with Crippen molar-refractivity contribution in [1.29, 1.82) is 0 Å². The Morgan fingerprint density at radius 1 is 1.60 bits per heavy atom. The minimum atomic E-state index is -0.0798. The third-order valence-electron chi connectivity index (χ3n) is 2.21. The van der Waals surface area contributed by atoms with E-state index in [4.69, 9.17) is 0 Å². The van der Waals surface area contributed by atoms with E-state index in [1.165, 1.54) is 0 Å². The summed E-state index contributed by atoms with van der Waals surface area (Å²) in [6.07, 6.45) is 1.06. The Kier molecular flexibility index (Phi) is 3.64. The number of pyridine rings is 1. The highest BCUT2D eigenvalue weighted by molar-refractivity contribution is 9.10. The molecule has 1 N–H and O–H groups in total. The van der Waals surface area contributed by atoms with Crippen LogP contribution in [0.15, 0.2) is 22.8 Å². The van der Waals surface area contributed by atoms with Crippen LogP contribution >= 0.6 is 27.7 Å². The molecule has 2 rings (SSSR count). The largest absolute Gasteiger partial charge is 0.347 e. The minimum Gasteiger partial charge on any atom is -0.347 e. The van der Waals surface area contributed by atoms with E-state index < -0.39 is 0 Å². The zero-order chi connectivity index (χ0) is 10.7. The molecule has 2 heterocycles. The monoisotopic (exact) mass is 286 g/mol. The number of nitrogens with zero attached hydrogens (tertiary/aromatic N) is 1. The molecule has 1 aliphatic heterocycles. The van der Waals surface area contributed by atoms with E-state index in [-0.39, 0.29) is 5.91 Å². The Labute approximate surface area is 101 Å². The maximum absolute atomic E-state index is 11.7. The quantitative estimate of drug-likeness (QED) is 0.847. The summed E-state index contributed by atoms with van der Waals surface area (Å²) in [4.78, 5) is 15.9. The van der Waals surface area contributed by atoms with Crippen LogP contribution < -0.4 is 5.32 Å². The molecule has 1 amide bonds. The van der Waals surface area contributed by atoms with Crippen molar-refractivity contribution in [2.45, 2.75) is 12.5 Å². The number of amides is 1. The molecule has 0 spiro atoms. The van der Waals surface area contributed by atoms with Gasteiger partial charge in [0.25, 0.3) is 5.91 Å². The summed E-state index contributed by atoms with van der Waals surface area (Å²) in [7, 11) is 0. The molecule has 1 saturated heterocycles. The lowest BCUT2D eigenvalue weighted by atomic mass is 10.2. The Morgan fingerprint density at radius 2 is 2.47 bits per heavy atom. The van der Waals surface area contributed by atoms with Crippen LogP contribution in [0.1, 0.15) is 16.9 Å². The lowest BCUT2D eigenvalue weighted by Crippen LogP contribution is -2.35. The van der Waals surface area contributed by atoms with Gasteiger partial charge >= 0.3 is 0 Å². The van der Waals surface area contributed by atoms with E-state index in [0.717, 1.165) is 17.9 Å². The van der Waals surface area contributed by atoms with Crippen LogP contribution in [-0.2, 0) is 0 Å². The summed E-state index contributed by atoms with van der Waals surface area (Å²) >= 11 is 5.13. The highest BCUT2D eigenvalue weighted by Gasteiger charge is 2.18. The van der Waals surface area contributed by atoms with Gasteiger partial charge in [0.1, 0.15) is 10.3 Å². The van der Waals surface area contributed by atoms with Crippen LogP contribution in [0, 0.1) is 0 Å². The van der Waals surface area contributed by atoms with Crippen LogP contribution in [0.25, 0.3) is 0 Å². The summed E-state index contributed by atoms with van der Waals surface area (Å²) in [5.41, 5.74) is 0.473. The van der Waals surface area contributed by atoms with E-state index in [0.29, 0.717) is 16.3 Å². The minimum absolute atomic E-state index is 0.0798. The zero-order valence-electron chi connectivity index (χ0n) is 8.07. The first-order valence-corrected chi connectivity index (χ1v) is 6.71. The van der Waals surface area contributed by atoms with Gasteiger partial charge in [0, 0.05) is 11.8 Å². The summed E-state index contributed by atoms with van der Waals surface area (Å²) in [5, 5.41) is 2.98. The number of carbonyl (C=O) groups excluding carboxylic acids is 1. The molecule has 1 aliphatic rings. The van der Waals surface area contributed by atoms with Gasteiger partial charge in [0.05, 0.1) is 0 Å². The molecular formula is C10H11BrN2OS. The molecule has 0 aliphatic carbocycles. The number of aromatic nitrogens is 1. The summed E-state index contributed by atoms with van der Waals surface area (Å²) in [5.74, 6) is 2.07. The average Bonchev–Trinajstić information content (AvgIpc) is 2.70. The van der Waals surface area contributed by atoms with Gasteiger partial charge in [-0.25, -0.2) is 4.98 Å². The van der Waals surface area contributed by atoms with Crippen molar-refractivity contribution in [3.05, 3.63) is 28.5 Å². The summed E-state index contributed by atoms with van der Waals surface area (Å²) < 4.78 is 0.691. The molecule has 0 saturated carbocycles. The molecule has 1 fully saturated rings. The maximum atomic E-state index is 11.7. The number of carbonyl (C=O) groups is 1. The van der Waals surface area contributed by atoms with Crippen molar-refractivity contribution in [3.8, 4) is 0 Å². The average molecular weight is 287 g/mol. The van der Waals surface area contributed by atoms with Crippen molar-refractivity contribution < 1.29 is 4.79 Å². The number of halogens is 1. The van der Waals surface area contributed by atoms with Gasteiger partial charge in [-0.2, -0.15) is 11.8 Å². The van der Waals surface area contributed by atoms with Crippen molar-refractivity contribution in [2.24, 2.45) is 0 Å². The van der Waals surface area contributed by atoms with Crippen LogP contribution in [0.3, 0.4) is 0 Å². The van der Waals surface area contributed by atoms with Crippen molar-refractivity contribution in [2.75, 3.05) is 11.5 Å². The first kappa shape index (κ1) is 11.0. The van der Waals surface area contributed by atoms with E-state index in [2.05, 4.69) is 26.2 Å². The fourth-order valence-corrected chi connectivity index (χ4v) is 2.94. The SMILES string of the molecule is O=C(NC1CCSC1)c1cccc(Br)n1. The highest BCUT2D eigenvalue weighted by atomic mass is 79.9. The second kappa shape index (κ2) is 4.99. The summed E-state index contributed by atoms with van der Waals surface area (Å²) in [6, 6.07) is 5.66. The van der Waals surface area contributed by atoms with Gasteiger partial charge in [-0.05, 0) is 40.2 Å². The number of rotatable bonds is 2. The number of hydrogen-bond acceptors (Lipinski definition) is 3. The molecule has 1 aromatic heterocycles. The fourth-order valence-electron chi connectivity index (χ4n) is 1.44. The van der Waals surface area contributed by atoms with Crippen molar-refractivity contribution >= 4 is 33.6 Å². The molecule has 5 heteroatoms. The predicted octanol–water partition coefficient (Wildman–Crippen LogP) is 2.08. The molecule has 1 aromatic rings. The third-order valence-corrected chi connectivity index (χ3v) is 3.82. The molecular weight excluding hydrogens is 276 g/mol. The molecule has 1 atom stereocenters. The second-order valence-electron chi connectivity index (χ2n) is 3.38. The van der Waals surface area contributed by atoms with E-state index >= 15 is 0 Å².